The van der Waals surface area contributed by atoms with Crippen LogP contribution in [0.25, 0.3) is 11.1 Å². The number of hydrogen-bond acceptors (Lipinski definition) is 9. The van der Waals surface area contributed by atoms with Gasteiger partial charge in [0.15, 0.2) is 11.5 Å². The molecular weight excluding hydrogens is 468 g/mol. The second-order valence-electron chi connectivity index (χ2n) is 7.46. The fraction of sp³-hybridized carbons (Fsp3) is 0.222. The van der Waals surface area contributed by atoms with Gasteiger partial charge in [0.2, 0.25) is 0 Å². The third kappa shape index (κ3) is 8.02. The molecule has 9 heteroatoms. The highest BCUT2D eigenvalue weighted by Gasteiger charge is 2.19. The van der Waals surface area contributed by atoms with E-state index in [1.807, 2.05) is 0 Å². The second kappa shape index (κ2) is 13.7. The zero-order valence-electron chi connectivity index (χ0n) is 20.5. The summed E-state index contributed by atoms with van der Waals surface area (Å²) in [5, 5.41) is 0. The van der Waals surface area contributed by atoms with Gasteiger partial charge < -0.3 is 28.4 Å². The van der Waals surface area contributed by atoms with Crippen molar-refractivity contribution in [2.24, 2.45) is 0 Å². The van der Waals surface area contributed by atoms with Gasteiger partial charge in [-0.15, -0.1) is 0 Å². The molecule has 0 amide bonds. The third-order valence-electron chi connectivity index (χ3n) is 4.57. The number of benzene rings is 2. The highest BCUT2D eigenvalue weighted by Crippen LogP contribution is 2.34. The first-order valence-electron chi connectivity index (χ1n) is 10.6. The molecule has 0 aliphatic carbocycles. The Kier molecular flexibility index (Phi) is 10.8. The van der Waals surface area contributed by atoms with E-state index in [0.29, 0.717) is 16.9 Å². The molecule has 2 aromatic carbocycles. The van der Waals surface area contributed by atoms with E-state index in [-0.39, 0.29) is 48.0 Å². The SMILES string of the molecule is C=C(COC)C(=O)Oc1ccc(-c2ccc(OC(=O)C(=C)COC)c(OC(=O)C(=C)COC)c2)cc1. The van der Waals surface area contributed by atoms with E-state index in [1.54, 1.807) is 30.3 Å². The maximum absolute atomic E-state index is 12.4. The summed E-state index contributed by atoms with van der Waals surface area (Å²) in [4.78, 5) is 36.7. The molecule has 9 nitrogen and oxygen atoms in total. The second-order valence-corrected chi connectivity index (χ2v) is 7.46. The molecule has 36 heavy (non-hydrogen) atoms. The van der Waals surface area contributed by atoms with Crippen LogP contribution in [-0.4, -0.2) is 59.1 Å². The summed E-state index contributed by atoms with van der Waals surface area (Å²) in [7, 11) is 4.29. The Morgan fingerprint density at radius 2 is 1.00 bits per heavy atom. The van der Waals surface area contributed by atoms with E-state index < -0.39 is 17.9 Å². The quantitative estimate of drug-likeness (QED) is 0.233. The lowest BCUT2D eigenvalue weighted by atomic mass is 10.0. The van der Waals surface area contributed by atoms with Crippen molar-refractivity contribution in [3.8, 4) is 28.4 Å². The third-order valence-corrected chi connectivity index (χ3v) is 4.57. The Balaban J connectivity index is 2.31. The van der Waals surface area contributed by atoms with Crippen LogP contribution in [-0.2, 0) is 28.6 Å². The predicted molar refractivity (Wildman–Crippen MR) is 132 cm³/mol. The molecule has 0 N–H and O–H groups in total. The highest BCUT2D eigenvalue weighted by molar-refractivity contribution is 5.92. The Morgan fingerprint density at radius 3 is 1.47 bits per heavy atom. The van der Waals surface area contributed by atoms with Crippen LogP contribution in [0, 0.1) is 0 Å². The Hall–Kier alpha value is -4.05. The summed E-state index contributed by atoms with van der Waals surface area (Å²) in [5.41, 5.74) is 1.68. The normalized spacial score (nSPS) is 10.3. The summed E-state index contributed by atoms with van der Waals surface area (Å²) in [5.74, 6) is -1.79. The van der Waals surface area contributed by atoms with Crippen LogP contribution >= 0.6 is 0 Å². The van der Waals surface area contributed by atoms with Crippen molar-refractivity contribution in [3.05, 3.63) is 78.9 Å². The van der Waals surface area contributed by atoms with Gasteiger partial charge in [-0.1, -0.05) is 37.9 Å². The first-order valence-corrected chi connectivity index (χ1v) is 10.6. The lowest BCUT2D eigenvalue weighted by Gasteiger charge is -2.14. The predicted octanol–water partition coefficient (Wildman–Crippen LogP) is 3.68. The van der Waals surface area contributed by atoms with E-state index in [4.69, 9.17) is 28.4 Å². The van der Waals surface area contributed by atoms with Crippen molar-refractivity contribution in [2.45, 2.75) is 0 Å². The molecule has 0 aliphatic heterocycles. The van der Waals surface area contributed by atoms with Gasteiger partial charge in [0.1, 0.15) is 5.75 Å². The van der Waals surface area contributed by atoms with Crippen LogP contribution in [0.4, 0.5) is 0 Å². The minimum absolute atomic E-state index is 0.00164. The van der Waals surface area contributed by atoms with Crippen LogP contribution in [0.2, 0.25) is 0 Å². The van der Waals surface area contributed by atoms with Crippen LogP contribution in [0.5, 0.6) is 17.2 Å². The monoisotopic (exact) mass is 496 g/mol. The van der Waals surface area contributed by atoms with Crippen molar-refractivity contribution < 1.29 is 42.8 Å². The van der Waals surface area contributed by atoms with E-state index in [1.165, 1.54) is 33.5 Å². The molecule has 0 aliphatic rings. The van der Waals surface area contributed by atoms with Gasteiger partial charge in [0.05, 0.1) is 36.5 Å². The van der Waals surface area contributed by atoms with Crippen molar-refractivity contribution in [3.63, 3.8) is 0 Å². The number of ether oxygens (including phenoxy) is 6. The average Bonchev–Trinajstić information content (AvgIpc) is 2.85. The van der Waals surface area contributed by atoms with E-state index in [9.17, 15) is 14.4 Å². The maximum atomic E-state index is 12.4. The van der Waals surface area contributed by atoms with Crippen molar-refractivity contribution in [2.75, 3.05) is 41.2 Å². The lowest BCUT2D eigenvalue weighted by Crippen LogP contribution is -2.17. The Labute approximate surface area is 209 Å². The van der Waals surface area contributed by atoms with Gasteiger partial charge in [-0.2, -0.15) is 0 Å². The molecule has 0 aromatic heterocycles. The largest absolute Gasteiger partial charge is 0.423 e. The number of hydrogen-bond donors (Lipinski definition) is 0. The maximum Gasteiger partial charge on any atom is 0.341 e. The molecule has 0 heterocycles. The minimum atomic E-state index is -0.749. The molecule has 2 aromatic rings. The van der Waals surface area contributed by atoms with Crippen LogP contribution < -0.4 is 14.2 Å². The molecule has 0 bridgehead atoms. The van der Waals surface area contributed by atoms with E-state index in [2.05, 4.69) is 19.7 Å². The fourth-order valence-electron chi connectivity index (χ4n) is 2.79. The summed E-state index contributed by atoms with van der Waals surface area (Å²) in [6.45, 7) is 10.9. The molecule has 0 fully saturated rings. The average molecular weight is 497 g/mol. The summed E-state index contributed by atoms with van der Waals surface area (Å²) in [6, 6.07) is 11.3. The molecule has 0 atom stereocenters. The highest BCUT2D eigenvalue weighted by atomic mass is 16.6. The summed E-state index contributed by atoms with van der Waals surface area (Å²) < 4.78 is 30.8. The zero-order chi connectivity index (χ0) is 26.7. The van der Waals surface area contributed by atoms with Gasteiger partial charge in [0.25, 0.3) is 0 Å². The Morgan fingerprint density at radius 1 is 0.583 bits per heavy atom. The molecular formula is C27H28O9. The molecule has 2 rings (SSSR count). The first kappa shape index (κ1) is 28.2. The van der Waals surface area contributed by atoms with Gasteiger partial charge in [0, 0.05) is 21.3 Å². The van der Waals surface area contributed by atoms with Gasteiger partial charge in [-0.05, 0) is 35.4 Å². The van der Waals surface area contributed by atoms with Crippen LogP contribution in [0.15, 0.2) is 78.9 Å². The summed E-state index contributed by atoms with van der Waals surface area (Å²) in [6.07, 6.45) is 0. The van der Waals surface area contributed by atoms with Gasteiger partial charge in [-0.3, -0.25) is 0 Å². The molecule has 190 valence electrons. The van der Waals surface area contributed by atoms with Crippen molar-refractivity contribution in [1.82, 2.24) is 0 Å². The van der Waals surface area contributed by atoms with Crippen molar-refractivity contribution in [1.29, 1.82) is 0 Å². The number of carbonyl (C=O) groups excluding carboxylic acids is 3. The minimum Gasteiger partial charge on any atom is -0.423 e. The Bertz CT molecular complexity index is 1150. The smallest absolute Gasteiger partial charge is 0.341 e. The molecule has 0 saturated carbocycles. The molecule has 0 unspecified atom stereocenters. The van der Waals surface area contributed by atoms with Crippen LogP contribution in [0.3, 0.4) is 0 Å². The van der Waals surface area contributed by atoms with Crippen molar-refractivity contribution >= 4 is 17.9 Å². The molecule has 0 saturated heterocycles. The fourth-order valence-corrected chi connectivity index (χ4v) is 2.79. The molecule has 0 spiro atoms. The first-order chi connectivity index (χ1) is 17.2. The zero-order valence-corrected chi connectivity index (χ0v) is 20.5. The van der Waals surface area contributed by atoms with Gasteiger partial charge in [-0.25, -0.2) is 14.4 Å². The standard InChI is InChI=1S/C27H28O9/c1-17(14-31-4)25(28)34-22-10-7-20(8-11-22)21-9-12-23(35-26(29)18(2)15-32-5)24(13-21)36-27(30)19(3)16-33-6/h7-13H,1-3,14-16H2,4-6H3. The topological polar surface area (TPSA) is 107 Å². The number of rotatable bonds is 13. The van der Waals surface area contributed by atoms with Gasteiger partial charge >= 0.3 is 17.9 Å². The van der Waals surface area contributed by atoms with Crippen LogP contribution in [0.1, 0.15) is 0 Å². The van der Waals surface area contributed by atoms with E-state index >= 15 is 0 Å². The number of carbonyl (C=O) groups is 3. The lowest BCUT2D eigenvalue weighted by molar-refractivity contribution is -0.133. The summed E-state index contributed by atoms with van der Waals surface area (Å²) >= 11 is 0. The number of esters is 3. The number of methoxy groups -OCH3 is 3. The molecule has 0 radical (unpaired) electrons. The van der Waals surface area contributed by atoms with E-state index in [0.717, 1.165) is 0 Å².